The van der Waals surface area contributed by atoms with Gasteiger partial charge in [0.2, 0.25) is 0 Å². The normalized spacial score (nSPS) is 11.9. The van der Waals surface area contributed by atoms with E-state index in [2.05, 4.69) is 39.8 Å². The first-order valence-electron chi connectivity index (χ1n) is 11.6. The smallest absolute Gasteiger partial charge is 0.0526 e. The molecule has 0 unspecified atom stereocenters. The predicted molar refractivity (Wildman–Crippen MR) is 132 cm³/mol. The molecule has 0 aliphatic heterocycles. The average molecular weight is 415 g/mol. The van der Waals surface area contributed by atoms with Crippen molar-refractivity contribution in [1.29, 1.82) is 0 Å². The molecule has 28 heavy (non-hydrogen) atoms. The number of aryl methyl sites for hydroxylation is 4. The molecular formula is C26H38S2. The number of fused-ring (bicyclic) bond motifs is 3. The van der Waals surface area contributed by atoms with Crippen molar-refractivity contribution in [1.82, 2.24) is 0 Å². The summed E-state index contributed by atoms with van der Waals surface area (Å²) < 4.78 is 3.12. The van der Waals surface area contributed by atoms with Gasteiger partial charge in [-0.1, -0.05) is 65.2 Å². The van der Waals surface area contributed by atoms with E-state index >= 15 is 0 Å². The van der Waals surface area contributed by atoms with E-state index in [4.69, 9.17) is 0 Å². The summed E-state index contributed by atoms with van der Waals surface area (Å²) in [5.74, 6) is 0. The third-order valence-corrected chi connectivity index (χ3v) is 8.26. The molecule has 0 amide bonds. The van der Waals surface area contributed by atoms with Gasteiger partial charge in [-0.2, -0.15) is 0 Å². The Labute approximate surface area is 180 Å². The van der Waals surface area contributed by atoms with Crippen LogP contribution in [0.25, 0.3) is 20.2 Å². The Bertz CT molecular complexity index is 807. The quantitative estimate of drug-likeness (QED) is 0.259. The lowest BCUT2D eigenvalue weighted by atomic mass is 9.91. The lowest BCUT2D eigenvalue weighted by Crippen LogP contribution is -1.98. The third-order valence-electron chi connectivity index (χ3n) is 5.99. The van der Waals surface area contributed by atoms with E-state index in [-0.39, 0.29) is 0 Å². The molecule has 0 bridgehead atoms. The first-order chi connectivity index (χ1) is 13.7. The average Bonchev–Trinajstić information content (AvgIpc) is 3.24. The van der Waals surface area contributed by atoms with E-state index in [1.807, 2.05) is 22.7 Å². The summed E-state index contributed by atoms with van der Waals surface area (Å²) in [7, 11) is 0. The number of hydrogen-bond acceptors (Lipinski definition) is 2. The van der Waals surface area contributed by atoms with E-state index in [0.717, 1.165) is 0 Å². The highest BCUT2D eigenvalue weighted by atomic mass is 32.1. The van der Waals surface area contributed by atoms with E-state index in [0.29, 0.717) is 0 Å². The number of rotatable bonds is 12. The molecule has 2 heterocycles. The number of unbranched alkanes of at least 4 members (excludes halogenated alkanes) is 8. The van der Waals surface area contributed by atoms with Crippen molar-refractivity contribution < 1.29 is 0 Å². The van der Waals surface area contributed by atoms with Crippen molar-refractivity contribution in [3.8, 4) is 0 Å². The van der Waals surface area contributed by atoms with E-state index in [1.165, 1.54) is 86.8 Å². The number of benzene rings is 1. The molecule has 0 saturated carbocycles. The Hall–Kier alpha value is -0.860. The van der Waals surface area contributed by atoms with Crippen LogP contribution in [0.3, 0.4) is 0 Å². The summed E-state index contributed by atoms with van der Waals surface area (Å²) in [6.45, 7) is 9.18. The summed E-state index contributed by atoms with van der Waals surface area (Å²) in [4.78, 5) is 2.93. The summed E-state index contributed by atoms with van der Waals surface area (Å²) in [6, 6.07) is 4.97. The molecule has 2 aromatic heterocycles. The van der Waals surface area contributed by atoms with Crippen LogP contribution in [0.2, 0.25) is 0 Å². The molecule has 0 fully saturated rings. The first-order valence-corrected chi connectivity index (χ1v) is 13.2. The highest BCUT2D eigenvalue weighted by molar-refractivity contribution is 7.27. The van der Waals surface area contributed by atoms with Crippen LogP contribution < -0.4 is 0 Å². The Morgan fingerprint density at radius 1 is 0.571 bits per heavy atom. The van der Waals surface area contributed by atoms with Crippen LogP contribution in [0.1, 0.15) is 98.9 Å². The van der Waals surface area contributed by atoms with Gasteiger partial charge in [-0.05, 0) is 73.6 Å². The molecule has 0 saturated heterocycles. The van der Waals surface area contributed by atoms with Crippen molar-refractivity contribution in [3.05, 3.63) is 33.0 Å². The zero-order chi connectivity index (χ0) is 19.9. The van der Waals surface area contributed by atoms with Crippen LogP contribution in [0.4, 0.5) is 0 Å². The summed E-state index contributed by atoms with van der Waals surface area (Å²) in [5.41, 5.74) is 3.38. The first kappa shape index (κ1) is 21.8. The highest BCUT2D eigenvalue weighted by Gasteiger charge is 2.17. The highest BCUT2D eigenvalue weighted by Crippen LogP contribution is 2.43. The molecule has 0 aliphatic carbocycles. The zero-order valence-electron chi connectivity index (χ0n) is 18.5. The molecule has 3 aromatic rings. The van der Waals surface area contributed by atoms with Gasteiger partial charge < -0.3 is 0 Å². The molecule has 3 rings (SSSR count). The third kappa shape index (κ3) is 5.19. The Morgan fingerprint density at radius 3 is 1.36 bits per heavy atom. The fraction of sp³-hybridized carbons (Fsp3) is 0.615. The molecule has 0 N–H and O–H groups in total. The minimum absolute atomic E-state index is 1.27. The molecular weight excluding hydrogens is 376 g/mol. The zero-order valence-corrected chi connectivity index (χ0v) is 20.1. The fourth-order valence-corrected chi connectivity index (χ4v) is 6.76. The van der Waals surface area contributed by atoms with Gasteiger partial charge in [0, 0.05) is 9.75 Å². The topological polar surface area (TPSA) is 0 Å². The minimum atomic E-state index is 1.27. The van der Waals surface area contributed by atoms with Crippen LogP contribution in [0.15, 0.2) is 12.1 Å². The SMILES string of the molecule is CCCCCCCc1c(CCCCCCC)c2cc(C)sc2c2sc(C)cc12. The molecule has 154 valence electrons. The second kappa shape index (κ2) is 10.8. The van der Waals surface area contributed by atoms with Gasteiger partial charge in [0.1, 0.15) is 0 Å². The second-order valence-corrected chi connectivity index (χ2v) is 11.0. The number of thiophene rings is 2. The monoisotopic (exact) mass is 414 g/mol. The fourth-order valence-electron chi connectivity index (χ4n) is 4.52. The Kier molecular flexibility index (Phi) is 8.41. The molecule has 0 nitrogen and oxygen atoms in total. The van der Waals surface area contributed by atoms with E-state index in [9.17, 15) is 0 Å². The van der Waals surface area contributed by atoms with Gasteiger partial charge in [0.25, 0.3) is 0 Å². The Morgan fingerprint density at radius 2 is 0.964 bits per heavy atom. The molecule has 0 atom stereocenters. The maximum atomic E-state index is 2.48. The van der Waals surface area contributed by atoms with Crippen molar-refractivity contribution in [2.24, 2.45) is 0 Å². The van der Waals surface area contributed by atoms with Gasteiger partial charge in [0.05, 0.1) is 9.40 Å². The van der Waals surface area contributed by atoms with Gasteiger partial charge in [0.15, 0.2) is 0 Å². The van der Waals surface area contributed by atoms with Gasteiger partial charge >= 0.3 is 0 Å². The van der Waals surface area contributed by atoms with Crippen molar-refractivity contribution in [3.63, 3.8) is 0 Å². The van der Waals surface area contributed by atoms with Crippen LogP contribution in [0, 0.1) is 13.8 Å². The van der Waals surface area contributed by atoms with Gasteiger partial charge in [-0.25, -0.2) is 0 Å². The maximum Gasteiger partial charge on any atom is 0.0526 e. The molecule has 2 heteroatoms. The summed E-state index contributed by atoms with van der Waals surface area (Å²) in [6.07, 6.45) is 16.2. The maximum absolute atomic E-state index is 2.48. The van der Waals surface area contributed by atoms with Crippen LogP contribution >= 0.6 is 22.7 Å². The van der Waals surface area contributed by atoms with Crippen molar-refractivity contribution in [2.45, 2.75) is 105 Å². The van der Waals surface area contributed by atoms with Crippen LogP contribution in [-0.4, -0.2) is 0 Å². The standard InChI is InChI=1S/C26H38S2/c1-5-7-9-11-13-15-21-22(16-14-12-10-8-6-2)24-18-20(4)28-26(24)25-23(21)17-19(3)27-25/h17-18H,5-16H2,1-4H3. The lowest BCUT2D eigenvalue weighted by molar-refractivity contribution is 0.623. The molecule has 1 aromatic carbocycles. The summed E-state index contributed by atoms with van der Waals surface area (Å²) in [5, 5.41) is 3.16. The second-order valence-electron chi connectivity index (χ2n) is 8.49. The van der Waals surface area contributed by atoms with Gasteiger partial charge in [-0.15, -0.1) is 22.7 Å². The lowest BCUT2D eigenvalue weighted by Gasteiger charge is -2.14. The van der Waals surface area contributed by atoms with Crippen molar-refractivity contribution in [2.75, 3.05) is 0 Å². The largest absolute Gasteiger partial charge is 0.139 e. The molecule has 0 spiro atoms. The molecule has 0 aliphatic rings. The van der Waals surface area contributed by atoms with Crippen LogP contribution in [0.5, 0.6) is 0 Å². The van der Waals surface area contributed by atoms with Gasteiger partial charge in [-0.3, -0.25) is 0 Å². The predicted octanol–water partition coefficient (Wildman–Crippen LogP) is 9.76. The summed E-state index contributed by atoms with van der Waals surface area (Å²) >= 11 is 4.02. The van der Waals surface area contributed by atoms with Crippen LogP contribution in [-0.2, 0) is 12.8 Å². The Balaban J connectivity index is 1.93. The van der Waals surface area contributed by atoms with E-state index in [1.54, 1.807) is 31.3 Å². The van der Waals surface area contributed by atoms with E-state index < -0.39 is 0 Å². The number of hydrogen-bond donors (Lipinski definition) is 0. The molecule has 0 radical (unpaired) electrons. The minimum Gasteiger partial charge on any atom is -0.139 e. The van der Waals surface area contributed by atoms with Crippen molar-refractivity contribution >= 4 is 42.8 Å².